The first-order valence-corrected chi connectivity index (χ1v) is 14.0. The molecule has 0 saturated carbocycles. The van der Waals surface area contributed by atoms with Crippen LogP contribution in [0.4, 0.5) is 5.69 Å². The Morgan fingerprint density at radius 2 is 1.60 bits per heavy atom. The number of anilines is 1. The highest BCUT2D eigenvalue weighted by Crippen LogP contribution is 2.23. The smallest absolute Gasteiger partial charge is 0.244 e. The van der Waals surface area contributed by atoms with E-state index in [2.05, 4.69) is 5.32 Å². The molecule has 2 unspecified atom stereocenters. The molecule has 0 aliphatic rings. The number of carbonyl (C=O) groups is 2. The van der Waals surface area contributed by atoms with Crippen LogP contribution in [0.15, 0.2) is 48.5 Å². The summed E-state index contributed by atoms with van der Waals surface area (Å²) in [6.45, 7) is 9.20. The Balaban J connectivity index is 2.40. The Hall–Kier alpha value is -2.58. The zero-order valence-electron chi connectivity index (χ0n) is 21.3. The van der Waals surface area contributed by atoms with Crippen molar-refractivity contribution in [1.29, 1.82) is 0 Å². The Labute approximate surface area is 214 Å². The van der Waals surface area contributed by atoms with Crippen LogP contribution in [0.3, 0.4) is 0 Å². The summed E-state index contributed by atoms with van der Waals surface area (Å²) in [5.74, 6) is -0.532. The van der Waals surface area contributed by atoms with E-state index in [0.29, 0.717) is 16.3 Å². The van der Waals surface area contributed by atoms with Gasteiger partial charge in [-0.25, -0.2) is 8.42 Å². The van der Waals surface area contributed by atoms with Crippen molar-refractivity contribution >= 4 is 39.1 Å². The van der Waals surface area contributed by atoms with Crippen molar-refractivity contribution in [3.63, 3.8) is 0 Å². The Bertz CT molecular complexity index is 1120. The molecular formula is C26H36ClN3O4S. The van der Waals surface area contributed by atoms with Crippen molar-refractivity contribution in [3.8, 4) is 0 Å². The van der Waals surface area contributed by atoms with E-state index in [9.17, 15) is 18.0 Å². The number of sulfonamides is 1. The van der Waals surface area contributed by atoms with Gasteiger partial charge in [0.15, 0.2) is 0 Å². The first kappa shape index (κ1) is 28.7. The van der Waals surface area contributed by atoms with Gasteiger partial charge in [0, 0.05) is 17.6 Å². The van der Waals surface area contributed by atoms with E-state index in [4.69, 9.17) is 11.6 Å². The number of nitrogens with zero attached hydrogens (tertiary/aromatic N) is 2. The Morgan fingerprint density at radius 3 is 2.11 bits per heavy atom. The molecular weight excluding hydrogens is 486 g/mol. The van der Waals surface area contributed by atoms with Crippen molar-refractivity contribution < 1.29 is 18.0 Å². The van der Waals surface area contributed by atoms with Crippen LogP contribution < -0.4 is 9.62 Å². The van der Waals surface area contributed by atoms with Crippen LogP contribution in [-0.2, 0) is 26.2 Å². The van der Waals surface area contributed by atoms with Crippen molar-refractivity contribution in [2.75, 3.05) is 17.1 Å². The van der Waals surface area contributed by atoms with Crippen molar-refractivity contribution in [3.05, 3.63) is 64.7 Å². The third kappa shape index (κ3) is 7.97. The highest BCUT2D eigenvalue weighted by Gasteiger charge is 2.30. The largest absolute Gasteiger partial charge is 0.352 e. The fourth-order valence-electron chi connectivity index (χ4n) is 3.50. The van der Waals surface area contributed by atoms with Crippen LogP contribution in [0.5, 0.6) is 0 Å². The molecule has 0 spiro atoms. The van der Waals surface area contributed by atoms with Crippen molar-refractivity contribution in [1.82, 2.24) is 10.2 Å². The highest BCUT2D eigenvalue weighted by molar-refractivity contribution is 7.92. The summed E-state index contributed by atoms with van der Waals surface area (Å²) in [4.78, 5) is 27.9. The molecule has 0 aliphatic carbocycles. The first-order chi connectivity index (χ1) is 16.3. The quantitative estimate of drug-likeness (QED) is 0.469. The lowest BCUT2D eigenvalue weighted by Crippen LogP contribution is -2.52. The third-order valence-corrected chi connectivity index (χ3v) is 7.50. The van der Waals surface area contributed by atoms with Gasteiger partial charge in [0.2, 0.25) is 21.8 Å². The number of benzene rings is 2. The SMILES string of the molecule is CCC(C)NC(=O)C(C)N(Cc1ccccc1Cl)C(=O)CN(c1ccc(C(C)C)cc1)S(C)(=O)=O. The van der Waals surface area contributed by atoms with E-state index in [0.717, 1.165) is 22.5 Å². The average Bonchev–Trinajstić information content (AvgIpc) is 2.80. The number of carbonyl (C=O) groups excluding carboxylic acids is 2. The second-order valence-corrected chi connectivity index (χ2v) is 11.4. The zero-order valence-corrected chi connectivity index (χ0v) is 22.9. The van der Waals surface area contributed by atoms with Crippen molar-refractivity contribution in [2.24, 2.45) is 0 Å². The van der Waals surface area contributed by atoms with Gasteiger partial charge in [0.25, 0.3) is 0 Å². The number of halogens is 1. The fourth-order valence-corrected chi connectivity index (χ4v) is 4.54. The predicted molar refractivity (Wildman–Crippen MR) is 142 cm³/mol. The maximum absolute atomic E-state index is 13.6. The molecule has 35 heavy (non-hydrogen) atoms. The molecule has 2 aromatic carbocycles. The maximum atomic E-state index is 13.6. The number of hydrogen-bond acceptors (Lipinski definition) is 4. The van der Waals surface area contributed by atoms with Gasteiger partial charge in [-0.15, -0.1) is 0 Å². The maximum Gasteiger partial charge on any atom is 0.244 e. The molecule has 0 aromatic heterocycles. The van der Waals surface area contributed by atoms with E-state index in [-0.39, 0.29) is 24.4 Å². The first-order valence-electron chi connectivity index (χ1n) is 11.8. The Morgan fingerprint density at radius 1 is 1.00 bits per heavy atom. The van der Waals surface area contributed by atoms with Crippen LogP contribution in [0.25, 0.3) is 0 Å². The molecule has 192 valence electrons. The van der Waals surface area contributed by atoms with Crippen molar-refractivity contribution in [2.45, 2.75) is 65.6 Å². The average molecular weight is 522 g/mol. The molecule has 0 saturated heterocycles. The normalized spacial score (nSPS) is 13.3. The predicted octanol–water partition coefficient (Wildman–Crippen LogP) is 4.56. The summed E-state index contributed by atoms with van der Waals surface area (Å²) < 4.78 is 26.4. The minimum absolute atomic E-state index is 0.0609. The van der Waals surface area contributed by atoms with E-state index < -0.39 is 28.5 Å². The number of nitrogens with one attached hydrogen (secondary N) is 1. The van der Waals surface area contributed by atoms with E-state index in [1.807, 2.05) is 39.8 Å². The van der Waals surface area contributed by atoms with Gasteiger partial charge in [-0.1, -0.05) is 62.7 Å². The molecule has 1 N–H and O–H groups in total. The summed E-state index contributed by atoms with van der Waals surface area (Å²) in [6.07, 6.45) is 1.80. The van der Waals surface area contributed by atoms with Gasteiger partial charge >= 0.3 is 0 Å². The molecule has 0 fully saturated rings. The zero-order chi connectivity index (χ0) is 26.3. The summed E-state index contributed by atoms with van der Waals surface area (Å²) in [5.41, 5.74) is 2.11. The summed E-state index contributed by atoms with van der Waals surface area (Å²) in [6, 6.07) is 13.3. The van der Waals surface area contributed by atoms with Gasteiger partial charge in [-0.05, 0) is 55.5 Å². The number of hydrogen-bond donors (Lipinski definition) is 1. The van der Waals surface area contributed by atoms with Crippen LogP contribution in [0.2, 0.25) is 5.02 Å². The van der Waals surface area contributed by atoms with Crippen LogP contribution in [0, 0.1) is 0 Å². The highest BCUT2D eigenvalue weighted by atomic mass is 35.5. The molecule has 0 heterocycles. The lowest BCUT2D eigenvalue weighted by Gasteiger charge is -2.32. The molecule has 2 amide bonds. The minimum atomic E-state index is -3.77. The molecule has 2 rings (SSSR count). The van der Waals surface area contributed by atoms with E-state index in [1.165, 1.54) is 4.90 Å². The van der Waals surface area contributed by atoms with Gasteiger partial charge < -0.3 is 10.2 Å². The van der Waals surface area contributed by atoms with E-state index >= 15 is 0 Å². The topological polar surface area (TPSA) is 86.8 Å². The molecule has 2 atom stereocenters. The molecule has 0 aliphatic heterocycles. The van der Waals surface area contributed by atoms with E-state index in [1.54, 1.807) is 43.3 Å². The molecule has 0 bridgehead atoms. The second-order valence-electron chi connectivity index (χ2n) is 9.12. The monoisotopic (exact) mass is 521 g/mol. The second kappa shape index (κ2) is 12.4. The van der Waals surface area contributed by atoms with Gasteiger partial charge in [0.05, 0.1) is 11.9 Å². The molecule has 2 aromatic rings. The van der Waals surface area contributed by atoms with Crippen LogP contribution >= 0.6 is 11.6 Å². The van der Waals surface area contributed by atoms with Crippen LogP contribution in [-0.4, -0.2) is 50.0 Å². The lowest BCUT2D eigenvalue weighted by atomic mass is 10.0. The third-order valence-electron chi connectivity index (χ3n) is 5.99. The standard InChI is InChI=1S/C26H36ClN3O4S/c1-7-19(4)28-26(32)20(5)29(16-22-10-8-9-11-24(22)27)25(31)17-30(35(6,33)34)23-14-12-21(13-15-23)18(2)3/h8-15,18-20H,7,16-17H2,1-6H3,(H,28,32). The minimum Gasteiger partial charge on any atom is -0.352 e. The van der Waals surface area contributed by atoms with Gasteiger partial charge in [0.1, 0.15) is 12.6 Å². The lowest BCUT2D eigenvalue weighted by molar-refractivity contribution is -0.139. The fraction of sp³-hybridized carbons (Fsp3) is 0.462. The molecule has 9 heteroatoms. The number of amides is 2. The van der Waals surface area contributed by atoms with Gasteiger partial charge in [-0.3, -0.25) is 13.9 Å². The number of rotatable bonds is 11. The van der Waals surface area contributed by atoms with Gasteiger partial charge in [-0.2, -0.15) is 0 Å². The Kier molecular flexibility index (Phi) is 10.2. The van der Waals surface area contributed by atoms with Crippen LogP contribution in [0.1, 0.15) is 58.1 Å². The summed E-state index contributed by atoms with van der Waals surface area (Å²) in [7, 11) is -3.77. The summed E-state index contributed by atoms with van der Waals surface area (Å²) >= 11 is 6.33. The summed E-state index contributed by atoms with van der Waals surface area (Å²) in [5, 5.41) is 3.36. The molecule has 7 nitrogen and oxygen atoms in total. The molecule has 0 radical (unpaired) electrons.